The maximum atomic E-state index is 12.3. The van der Waals surface area contributed by atoms with Crippen molar-refractivity contribution >= 4 is 17.5 Å². The van der Waals surface area contributed by atoms with Gasteiger partial charge in [-0.1, -0.05) is 55.8 Å². The van der Waals surface area contributed by atoms with Crippen LogP contribution in [-0.4, -0.2) is 18.6 Å². The van der Waals surface area contributed by atoms with Crippen LogP contribution in [-0.2, 0) is 4.79 Å². The zero-order valence-corrected chi connectivity index (χ0v) is 14.2. The molecule has 0 bridgehead atoms. The monoisotopic (exact) mass is 331 g/mol. The summed E-state index contributed by atoms with van der Waals surface area (Å²) in [4.78, 5) is 12.3. The first-order valence-electron chi connectivity index (χ1n) is 7.85. The topological polar surface area (TPSA) is 38.3 Å². The minimum Gasteiger partial charge on any atom is -0.481 e. The van der Waals surface area contributed by atoms with Gasteiger partial charge < -0.3 is 10.1 Å². The third kappa shape index (κ3) is 5.29. The van der Waals surface area contributed by atoms with Crippen LogP contribution < -0.4 is 10.1 Å². The van der Waals surface area contributed by atoms with E-state index in [0.29, 0.717) is 23.7 Å². The molecule has 23 heavy (non-hydrogen) atoms. The lowest BCUT2D eigenvalue weighted by Gasteiger charge is -2.19. The van der Waals surface area contributed by atoms with Gasteiger partial charge in [0.15, 0.2) is 6.10 Å². The highest BCUT2D eigenvalue weighted by Gasteiger charge is 2.19. The van der Waals surface area contributed by atoms with E-state index in [1.165, 1.54) is 5.56 Å². The summed E-state index contributed by atoms with van der Waals surface area (Å²) in [6.07, 6.45) is 0.105. The molecule has 2 aromatic rings. The molecule has 1 amide bonds. The number of benzene rings is 2. The fourth-order valence-corrected chi connectivity index (χ4v) is 2.39. The van der Waals surface area contributed by atoms with E-state index in [1.54, 1.807) is 24.3 Å². The smallest absolute Gasteiger partial charge is 0.261 e. The van der Waals surface area contributed by atoms with Crippen molar-refractivity contribution in [2.24, 2.45) is 0 Å². The van der Waals surface area contributed by atoms with Gasteiger partial charge in [0, 0.05) is 11.6 Å². The molecule has 2 rings (SSSR count). The van der Waals surface area contributed by atoms with Gasteiger partial charge in [0.25, 0.3) is 5.91 Å². The molecule has 0 aliphatic heterocycles. The van der Waals surface area contributed by atoms with Crippen molar-refractivity contribution in [1.82, 2.24) is 5.32 Å². The second-order valence-corrected chi connectivity index (χ2v) is 5.96. The lowest BCUT2D eigenvalue weighted by atomic mass is 10.0. The number of carbonyl (C=O) groups excluding carboxylic acids is 1. The Hall–Kier alpha value is -2.00. The van der Waals surface area contributed by atoms with E-state index in [2.05, 4.69) is 24.4 Å². The number of hydrogen-bond acceptors (Lipinski definition) is 2. The Morgan fingerprint density at radius 1 is 1.13 bits per heavy atom. The van der Waals surface area contributed by atoms with E-state index in [9.17, 15) is 4.79 Å². The normalized spacial score (nSPS) is 13.2. The van der Waals surface area contributed by atoms with Crippen molar-refractivity contribution in [3.8, 4) is 5.75 Å². The summed E-state index contributed by atoms with van der Waals surface area (Å²) in [5.74, 6) is 0.811. The average molecular weight is 332 g/mol. The molecule has 1 N–H and O–H groups in total. The van der Waals surface area contributed by atoms with Gasteiger partial charge in [-0.2, -0.15) is 0 Å². The molecule has 0 aromatic heterocycles. The highest BCUT2D eigenvalue weighted by molar-refractivity contribution is 6.30. The fraction of sp³-hybridized carbons (Fsp3) is 0.316. The van der Waals surface area contributed by atoms with E-state index in [-0.39, 0.29) is 11.8 Å². The predicted molar refractivity (Wildman–Crippen MR) is 94.0 cm³/mol. The van der Waals surface area contributed by atoms with Crippen LogP contribution in [0.3, 0.4) is 0 Å². The first-order valence-corrected chi connectivity index (χ1v) is 8.22. The number of amides is 1. The number of ether oxygens (including phenoxy) is 1. The summed E-state index contributed by atoms with van der Waals surface area (Å²) in [7, 11) is 0. The Balaban J connectivity index is 1.88. The molecule has 3 nitrogen and oxygen atoms in total. The average Bonchev–Trinajstić information content (AvgIpc) is 2.59. The molecule has 0 saturated heterocycles. The van der Waals surface area contributed by atoms with Gasteiger partial charge in [0.05, 0.1) is 0 Å². The Morgan fingerprint density at radius 3 is 2.39 bits per heavy atom. The molecule has 0 aliphatic rings. The van der Waals surface area contributed by atoms with Crippen LogP contribution in [0.25, 0.3) is 0 Å². The zero-order chi connectivity index (χ0) is 16.7. The molecule has 2 atom stereocenters. The summed E-state index contributed by atoms with van der Waals surface area (Å²) in [6.45, 7) is 4.61. The standard InChI is InChI=1S/C19H22ClNO2/c1-3-18(23-17-11-9-16(20)10-12-17)19(22)21-13-14(2)15-7-5-4-6-8-15/h4-12,14,18H,3,13H2,1-2H3,(H,21,22). The highest BCUT2D eigenvalue weighted by atomic mass is 35.5. The zero-order valence-electron chi connectivity index (χ0n) is 13.5. The quantitative estimate of drug-likeness (QED) is 0.815. The van der Waals surface area contributed by atoms with Crippen LogP contribution >= 0.6 is 11.6 Å². The number of hydrogen-bond donors (Lipinski definition) is 1. The van der Waals surface area contributed by atoms with Crippen LogP contribution in [0.1, 0.15) is 31.7 Å². The van der Waals surface area contributed by atoms with Crippen LogP contribution in [0.5, 0.6) is 5.75 Å². The van der Waals surface area contributed by atoms with E-state index in [0.717, 1.165) is 0 Å². The first kappa shape index (κ1) is 17.4. The van der Waals surface area contributed by atoms with Crippen molar-refractivity contribution in [3.63, 3.8) is 0 Å². The minimum absolute atomic E-state index is 0.0924. The van der Waals surface area contributed by atoms with Crippen molar-refractivity contribution in [1.29, 1.82) is 0 Å². The molecule has 4 heteroatoms. The molecule has 0 fully saturated rings. The molecule has 0 spiro atoms. The summed E-state index contributed by atoms with van der Waals surface area (Å²) in [5, 5.41) is 3.62. The Morgan fingerprint density at radius 2 is 1.78 bits per heavy atom. The summed E-state index contributed by atoms with van der Waals surface area (Å²) in [6, 6.07) is 17.2. The van der Waals surface area contributed by atoms with Crippen molar-refractivity contribution in [2.75, 3.05) is 6.54 Å². The molecule has 0 radical (unpaired) electrons. The number of nitrogens with one attached hydrogen (secondary N) is 1. The van der Waals surface area contributed by atoms with E-state index in [1.807, 2.05) is 25.1 Å². The van der Waals surface area contributed by atoms with Crippen LogP contribution in [0.15, 0.2) is 54.6 Å². The van der Waals surface area contributed by atoms with Gasteiger partial charge in [-0.25, -0.2) is 0 Å². The van der Waals surface area contributed by atoms with Crippen LogP contribution in [0, 0.1) is 0 Å². The molecule has 2 aromatic carbocycles. The second kappa shape index (κ2) is 8.59. The molecule has 0 aliphatic carbocycles. The van der Waals surface area contributed by atoms with Gasteiger partial charge in [0.1, 0.15) is 5.75 Å². The number of carbonyl (C=O) groups is 1. The van der Waals surface area contributed by atoms with Crippen molar-refractivity contribution in [2.45, 2.75) is 32.3 Å². The minimum atomic E-state index is -0.501. The predicted octanol–water partition coefficient (Wildman–Crippen LogP) is 4.42. The van der Waals surface area contributed by atoms with Crippen LogP contribution in [0.4, 0.5) is 0 Å². The Labute approximate surface area is 142 Å². The second-order valence-electron chi connectivity index (χ2n) is 5.53. The van der Waals surface area contributed by atoms with Gasteiger partial charge in [-0.05, 0) is 42.2 Å². The fourth-order valence-electron chi connectivity index (χ4n) is 2.27. The Bertz CT molecular complexity index is 613. The maximum Gasteiger partial charge on any atom is 0.261 e. The maximum absolute atomic E-state index is 12.3. The van der Waals surface area contributed by atoms with E-state index < -0.39 is 6.10 Å². The third-order valence-electron chi connectivity index (χ3n) is 3.71. The van der Waals surface area contributed by atoms with Gasteiger partial charge in [-0.3, -0.25) is 4.79 Å². The third-order valence-corrected chi connectivity index (χ3v) is 3.96. The van der Waals surface area contributed by atoms with Crippen molar-refractivity contribution in [3.05, 3.63) is 65.2 Å². The van der Waals surface area contributed by atoms with Gasteiger partial charge >= 0.3 is 0 Å². The van der Waals surface area contributed by atoms with Crippen LogP contribution in [0.2, 0.25) is 5.02 Å². The van der Waals surface area contributed by atoms with E-state index >= 15 is 0 Å². The number of halogens is 1. The van der Waals surface area contributed by atoms with Gasteiger partial charge in [0.2, 0.25) is 0 Å². The molecule has 122 valence electrons. The summed E-state index contributed by atoms with van der Waals surface area (Å²) in [5.41, 5.74) is 1.21. The number of rotatable bonds is 7. The van der Waals surface area contributed by atoms with E-state index in [4.69, 9.17) is 16.3 Å². The van der Waals surface area contributed by atoms with Crippen molar-refractivity contribution < 1.29 is 9.53 Å². The summed E-state index contributed by atoms with van der Waals surface area (Å²) >= 11 is 5.85. The summed E-state index contributed by atoms with van der Waals surface area (Å²) < 4.78 is 5.75. The molecule has 0 saturated carbocycles. The Kier molecular flexibility index (Phi) is 6.48. The molecule has 0 heterocycles. The molecular formula is C19H22ClNO2. The highest BCUT2D eigenvalue weighted by Crippen LogP contribution is 2.18. The molecular weight excluding hydrogens is 310 g/mol. The lowest BCUT2D eigenvalue weighted by Crippen LogP contribution is -2.39. The molecule has 2 unspecified atom stereocenters. The SMILES string of the molecule is CCC(Oc1ccc(Cl)cc1)C(=O)NCC(C)c1ccccc1. The largest absolute Gasteiger partial charge is 0.481 e. The lowest BCUT2D eigenvalue weighted by molar-refractivity contribution is -0.128. The van der Waals surface area contributed by atoms with Gasteiger partial charge in [-0.15, -0.1) is 0 Å². The first-order chi connectivity index (χ1) is 11.1.